The van der Waals surface area contributed by atoms with Crippen molar-refractivity contribution in [3.63, 3.8) is 0 Å². The van der Waals surface area contributed by atoms with Gasteiger partial charge in [0.15, 0.2) is 0 Å². The molecule has 1 aliphatic heterocycles. The van der Waals surface area contributed by atoms with Crippen molar-refractivity contribution in [1.29, 1.82) is 0 Å². The molecule has 0 aromatic rings. The van der Waals surface area contributed by atoms with Gasteiger partial charge in [0.05, 0.1) is 6.10 Å². The molecule has 2 N–H and O–H groups in total. The molecule has 0 aromatic carbocycles. The lowest BCUT2D eigenvalue weighted by atomic mass is 9.77. The van der Waals surface area contributed by atoms with Crippen LogP contribution in [-0.4, -0.2) is 42.8 Å². The molecular weight excluding hydrogens is 188 g/mol. The van der Waals surface area contributed by atoms with Crippen LogP contribution in [0.25, 0.3) is 0 Å². The molecule has 1 heterocycles. The van der Waals surface area contributed by atoms with Gasteiger partial charge in [-0.15, -0.1) is 0 Å². The number of hydrogen-bond donors (Lipinski definition) is 1. The van der Waals surface area contributed by atoms with Gasteiger partial charge in [-0.2, -0.15) is 0 Å². The normalized spacial score (nSPS) is 27.6. The zero-order valence-corrected chi connectivity index (χ0v) is 9.87. The molecule has 1 saturated heterocycles. The van der Waals surface area contributed by atoms with Crippen LogP contribution < -0.4 is 5.73 Å². The SMILES string of the molecule is CCOC1CCN(CC2(N)CCC2)CC1. The van der Waals surface area contributed by atoms with E-state index >= 15 is 0 Å². The highest BCUT2D eigenvalue weighted by molar-refractivity contribution is 4.95. The fourth-order valence-electron chi connectivity index (χ4n) is 2.70. The Labute approximate surface area is 93.0 Å². The lowest BCUT2D eigenvalue weighted by molar-refractivity contribution is 0.00526. The van der Waals surface area contributed by atoms with Gasteiger partial charge in [0, 0.05) is 31.8 Å². The highest BCUT2D eigenvalue weighted by atomic mass is 16.5. The first kappa shape index (κ1) is 11.4. The first-order chi connectivity index (χ1) is 7.22. The van der Waals surface area contributed by atoms with Crippen LogP contribution in [-0.2, 0) is 4.74 Å². The zero-order chi connectivity index (χ0) is 10.7. The van der Waals surface area contributed by atoms with Crippen molar-refractivity contribution in [2.45, 2.75) is 50.7 Å². The van der Waals surface area contributed by atoms with E-state index in [1.165, 1.54) is 45.2 Å². The standard InChI is InChI=1S/C12H24N2O/c1-2-15-11-4-8-14(9-5-11)10-12(13)6-3-7-12/h11H,2-10,13H2,1H3. The Morgan fingerprint density at radius 3 is 2.47 bits per heavy atom. The third-order valence-corrected chi connectivity index (χ3v) is 3.82. The summed E-state index contributed by atoms with van der Waals surface area (Å²) < 4.78 is 5.64. The Morgan fingerprint density at radius 2 is 2.00 bits per heavy atom. The lowest BCUT2D eigenvalue weighted by Crippen LogP contribution is -2.56. The smallest absolute Gasteiger partial charge is 0.0599 e. The summed E-state index contributed by atoms with van der Waals surface area (Å²) >= 11 is 0. The highest BCUT2D eigenvalue weighted by Gasteiger charge is 2.35. The summed E-state index contributed by atoms with van der Waals surface area (Å²) in [7, 11) is 0. The summed E-state index contributed by atoms with van der Waals surface area (Å²) in [6.45, 7) is 6.38. The Morgan fingerprint density at radius 1 is 1.33 bits per heavy atom. The Hall–Kier alpha value is -0.120. The molecule has 0 amide bonds. The first-order valence-electron chi connectivity index (χ1n) is 6.35. The highest BCUT2D eigenvalue weighted by Crippen LogP contribution is 2.30. The molecule has 0 bridgehead atoms. The van der Waals surface area contributed by atoms with Crippen LogP contribution in [0.4, 0.5) is 0 Å². The summed E-state index contributed by atoms with van der Waals surface area (Å²) in [5, 5.41) is 0. The van der Waals surface area contributed by atoms with Crippen molar-refractivity contribution >= 4 is 0 Å². The van der Waals surface area contributed by atoms with E-state index in [0.717, 1.165) is 13.2 Å². The van der Waals surface area contributed by atoms with Crippen LogP contribution in [0.15, 0.2) is 0 Å². The maximum absolute atomic E-state index is 6.25. The topological polar surface area (TPSA) is 38.5 Å². The Kier molecular flexibility index (Phi) is 3.65. The molecule has 0 aromatic heterocycles. The van der Waals surface area contributed by atoms with E-state index in [0.29, 0.717) is 6.10 Å². The van der Waals surface area contributed by atoms with Crippen molar-refractivity contribution in [2.24, 2.45) is 5.73 Å². The molecular formula is C12H24N2O. The number of ether oxygens (including phenoxy) is 1. The van der Waals surface area contributed by atoms with Gasteiger partial charge in [0.2, 0.25) is 0 Å². The monoisotopic (exact) mass is 212 g/mol. The largest absolute Gasteiger partial charge is 0.378 e. The van der Waals surface area contributed by atoms with E-state index in [2.05, 4.69) is 11.8 Å². The minimum atomic E-state index is 0.151. The van der Waals surface area contributed by atoms with Crippen molar-refractivity contribution in [2.75, 3.05) is 26.2 Å². The Balaban J connectivity index is 1.69. The summed E-state index contributed by atoms with van der Waals surface area (Å²) in [6.07, 6.45) is 6.64. The van der Waals surface area contributed by atoms with Crippen LogP contribution in [0, 0.1) is 0 Å². The molecule has 0 radical (unpaired) electrons. The molecule has 1 aliphatic carbocycles. The molecule has 0 spiro atoms. The van der Waals surface area contributed by atoms with Crippen LogP contribution in [0.1, 0.15) is 39.0 Å². The van der Waals surface area contributed by atoms with E-state index in [9.17, 15) is 0 Å². The van der Waals surface area contributed by atoms with Gasteiger partial charge in [-0.05, 0) is 39.0 Å². The number of hydrogen-bond acceptors (Lipinski definition) is 3. The number of nitrogens with two attached hydrogens (primary N) is 1. The van der Waals surface area contributed by atoms with Gasteiger partial charge in [0.1, 0.15) is 0 Å². The van der Waals surface area contributed by atoms with Crippen molar-refractivity contribution in [3.05, 3.63) is 0 Å². The molecule has 2 fully saturated rings. The average molecular weight is 212 g/mol. The fourth-order valence-corrected chi connectivity index (χ4v) is 2.70. The van der Waals surface area contributed by atoms with Crippen LogP contribution in [0.3, 0.4) is 0 Å². The van der Waals surface area contributed by atoms with Gasteiger partial charge >= 0.3 is 0 Å². The van der Waals surface area contributed by atoms with Crippen molar-refractivity contribution in [3.8, 4) is 0 Å². The van der Waals surface area contributed by atoms with Gasteiger partial charge < -0.3 is 15.4 Å². The molecule has 3 nitrogen and oxygen atoms in total. The number of nitrogens with zero attached hydrogens (tertiary/aromatic N) is 1. The zero-order valence-electron chi connectivity index (χ0n) is 9.87. The van der Waals surface area contributed by atoms with Crippen LogP contribution >= 0.6 is 0 Å². The third-order valence-electron chi connectivity index (χ3n) is 3.82. The quantitative estimate of drug-likeness (QED) is 0.765. The predicted octanol–water partition coefficient (Wildman–Crippen LogP) is 1.37. The molecule has 3 heteroatoms. The third kappa shape index (κ3) is 2.92. The average Bonchev–Trinajstić information content (AvgIpc) is 2.19. The maximum atomic E-state index is 6.25. The second kappa shape index (κ2) is 4.81. The number of likely N-dealkylation sites (tertiary alicyclic amines) is 1. The second-order valence-electron chi connectivity index (χ2n) is 5.15. The van der Waals surface area contributed by atoms with E-state index in [-0.39, 0.29) is 5.54 Å². The number of rotatable bonds is 4. The molecule has 15 heavy (non-hydrogen) atoms. The maximum Gasteiger partial charge on any atom is 0.0599 e. The fraction of sp³-hybridized carbons (Fsp3) is 1.00. The van der Waals surface area contributed by atoms with Gasteiger partial charge in [-0.1, -0.05) is 0 Å². The van der Waals surface area contributed by atoms with Crippen LogP contribution in [0.5, 0.6) is 0 Å². The summed E-state index contributed by atoms with van der Waals surface area (Å²) in [4.78, 5) is 2.52. The van der Waals surface area contributed by atoms with Gasteiger partial charge in [0.25, 0.3) is 0 Å². The summed E-state index contributed by atoms with van der Waals surface area (Å²) in [5.74, 6) is 0. The van der Waals surface area contributed by atoms with Crippen molar-refractivity contribution in [1.82, 2.24) is 4.90 Å². The Bertz CT molecular complexity index is 196. The van der Waals surface area contributed by atoms with E-state index in [1.54, 1.807) is 0 Å². The summed E-state index contributed by atoms with van der Waals surface area (Å²) in [5.41, 5.74) is 6.41. The van der Waals surface area contributed by atoms with Gasteiger partial charge in [-0.3, -0.25) is 0 Å². The predicted molar refractivity (Wildman–Crippen MR) is 61.9 cm³/mol. The minimum absolute atomic E-state index is 0.151. The molecule has 1 saturated carbocycles. The van der Waals surface area contributed by atoms with Crippen LogP contribution in [0.2, 0.25) is 0 Å². The molecule has 2 rings (SSSR count). The van der Waals surface area contributed by atoms with E-state index < -0.39 is 0 Å². The lowest BCUT2D eigenvalue weighted by Gasteiger charge is -2.43. The molecule has 2 aliphatic rings. The van der Waals surface area contributed by atoms with E-state index in [4.69, 9.17) is 10.5 Å². The van der Waals surface area contributed by atoms with Gasteiger partial charge in [-0.25, -0.2) is 0 Å². The number of piperidine rings is 1. The molecule has 0 unspecified atom stereocenters. The molecule has 88 valence electrons. The molecule has 0 atom stereocenters. The van der Waals surface area contributed by atoms with Crippen molar-refractivity contribution < 1.29 is 4.74 Å². The first-order valence-corrected chi connectivity index (χ1v) is 6.35. The second-order valence-corrected chi connectivity index (χ2v) is 5.15. The summed E-state index contributed by atoms with van der Waals surface area (Å²) in [6, 6.07) is 0. The van der Waals surface area contributed by atoms with E-state index in [1.807, 2.05) is 0 Å². The minimum Gasteiger partial charge on any atom is -0.378 e.